The summed E-state index contributed by atoms with van der Waals surface area (Å²) >= 11 is 7.15. The fraction of sp³-hybridized carbons (Fsp3) is 0.118. The molecule has 0 bridgehead atoms. The topological polar surface area (TPSA) is 68.0 Å². The number of benzene rings is 2. The molecule has 0 atom stereocenters. The molecule has 0 aliphatic rings. The van der Waals surface area contributed by atoms with Gasteiger partial charge in [-0.1, -0.05) is 41.6 Å². The van der Waals surface area contributed by atoms with E-state index in [0.29, 0.717) is 16.0 Å². The molecule has 2 aromatic carbocycles. The fourth-order valence-corrected chi connectivity index (χ4v) is 2.91. The summed E-state index contributed by atoms with van der Waals surface area (Å²) in [6.07, 6.45) is 0. The predicted molar refractivity (Wildman–Crippen MR) is 92.8 cm³/mol. The van der Waals surface area contributed by atoms with E-state index in [1.54, 1.807) is 12.1 Å². The van der Waals surface area contributed by atoms with Crippen LogP contribution in [0.25, 0.3) is 0 Å². The Morgan fingerprint density at radius 1 is 1.12 bits per heavy atom. The number of nitrogens with one attached hydrogen (secondary N) is 1. The minimum Gasteiger partial charge on any atom is -0.414 e. The maximum atomic E-state index is 13.6. The lowest BCUT2D eigenvalue weighted by Crippen LogP contribution is -2.25. The number of aromatic nitrogens is 2. The van der Waals surface area contributed by atoms with Crippen LogP contribution in [0.1, 0.15) is 21.8 Å². The van der Waals surface area contributed by atoms with E-state index in [1.165, 1.54) is 17.8 Å². The van der Waals surface area contributed by atoms with Crippen LogP contribution >= 0.6 is 23.4 Å². The van der Waals surface area contributed by atoms with Crippen molar-refractivity contribution in [2.75, 3.05) is 0 Å². The van der Waals surface area contributed by atoms with Gasteiger partial charge >= 0.3 is 0 Å². The summed E-state index contributed by atoms with van der Waals surface area (Å²) in [5.74, 6) is -2.03. The highest BCUT2D eigenvalue weighted by molar-refractivity contribution is 7.98. The van der Waals surface area contributed by atoms with Crippen molar-refractivity contribution in [1.82, 2.24) is 15.5 Å². The fourth-order valence-electron chi connectivity index (χ4n) is 2.05. The first-order valence-electron chi connectivity index (χ1n) is 7.45. The first kappa shape index (κ1) is 18.3. The third-order valence-corrected chi connectivity index (χ3v) is 4.46. The van der Waals surface area contributed by atoms with E-state index >= 15 is 0 Å². The van der Waals surface area contributed by atoms with Crippen LogP contribution in [0.15, 0.2) is 52.1 Å². The first-order chi connectivity index (χ1) is 12.5. The summed E-state index contributed by atoms with van der Waals surface area (Å²) in [6.45, 7) is -0.138. The average Bonchev–Trinajstić information content (AvgIpc) is 3.07. The first-order valence-corrected chi connectivity index (χ1v) is 8.81. The van der Waals surface area contributed by atoms with Gasteiger partial charge in [-0.3, -0.25) is 4.79 Å². The van der Waals surface area contributed by atoms with Crippen molar-refractivity contribution in [2.24, 2.45) is 0 Å². The van der Waals surface area contributed by atoms with Crippen molar-refractivity contribution in [3.8, 4) is 0 Å². The van der Waals surface area contributed by atoms with Gasteiger partial charge in [0.1, 0.15) is 17.2 Å². The van der Waals surface area contributed by atoms with Gasteiger partial charge in [0.2, 0.25) is 5.89 Å². The maximum absolute atomic E-state index is 13.6. The average molecular weight is 396 g/mol. The summed E-state index contributed by atoms with van der Waals surface area (Å²) in [7, 11) is 0. The third-order valence-electron chi connectivity index (χ3n) is 3.31. The molecule has 1 amide bonds. The predicted octanol–water partition coefficient (Wildman–Crippen LogP) is 4.22. The maximum Gasteiger partial charge on any atom is 0.276 e. The van der Waals surface area contributed by atoms with Crippen LogP contribution in [-0.2, 0) is 12.3 Å². The minimum atomic E-state index is -0.938. The number of carbonyl (C=O) groups excluding carboxylic acids is 1. The number of nitrogens with zero attached hydrogens (tertiary/aromatic N) is 2. The lowest BCUT2D eigenvalue weighted by molar-refractivity contribution is 0.0938. The van der Waals surface area contributed by atoms with Gasteiger partial charge in [-0.15, -0.1) is 10.2 Å². The molecule has 3 rings (SSSR count). The van der Waals surface area contributed by atoms with Crippen LogP contribution < -0.4 is 5.32 Å². The summed E-state index contributed by atoms with van der Waals surface area (Å²) in [5.41, 5.74) is 0.381. The molecule has 0 aliphatic carbocycles. The van der Waals surface area contributed by atoms with E-state index in [9.17, 15) is 13.6 Å². The van der Waals surface area contributed by atoms with Crippen LogP contribution in [0.3, 0.4) is 0 Å². The van der Waals surface area contributed by atoms with Crippen molar-refractivity contribution in [2.45, 2.75) is 17.5 Å². The molecule has 0 fully saturated rings. The lowest BCUT2D eigenvalue weighted by Gasteiger charge is -2.04. The van der Waals surface area contributed by atoms with E-state index in [2.05, 4.69) is 15.5 Å². The molecule has 0 aliphatic heterocycles. The quantitative estimate of drug-likeness (QED) is 0.633. The van der Waals surface area contributed by atoms with Crippen molar-refractivity contribution in [1.29, 1.82) is 0 Å². The van der Waals surface area contributed by atoms with Crippen LogP contribution in [0.4, 0.5) is 8.78 Å². The van der Waals surface area contributed by atoms with E-state index in [-0.39, 0.29) is 12.4 Å². The molecule has 1 N–H and O–H groups in total. The molecule has 5 nitrogen and oxygen atoms in total. The zero-order valence-corrected chi connectivity index (χ0v) is 14.8. The number of hydrogen-bond donors (Lipinski definition) is 1. The zero-order chi connectivity index (χ0) is 18.5. The Bertz CT molecular complexity index is 898. The second-order valence-electron chi connectivity index (χ2n) is 5.16. The van der Waals surface area contributed by atoms with Crippen LogP contribution in [0.2, 0.25) is 5.02 Å². The third kappa shape index (κ3) is 4.59. The normalized spacial score (nSPS) is 10.7. The molecule has 1 aromatic heterocycles. The Balaban J connectivity index is 1.55. The van der Waals surface area contributed by atoms with E-state index in [4.69, 9.17) is 16.0 Å². The molecule has 0 spiro atoms. The number of rotatable bonds is 6. The van der Waals surface area contributed by atoms with Gasteiger partial charge in [0.25, 0.3) is 11.1 Å². The Morgan fingerprint density at radius 3 is 2.50 bits per heavy atom. The molecule has 1 heterocycles. The molecular weight excluding hydrogens is 384 g/mol. The van der Waals surface area contributed by atoms with Gasteiger partial charge in [-0.2, -0.15) is 0 Å². The number of hydrogen-bond acceptors (Lipinski definition) is 5. The second kappa shape index (κ2) is 8.29. The highest BCUT2D eigenvalue weighted by Crippen LogP contribution is 2.22. The van der Waals surface area contributed by atoms with Crippen molar-refractivity contribution in [3.05, 3.63) is 76.1 Å². The van der Waals surface area contributed by atoms with Gasteiger partial charge in [0.05, 0.1) is 6.54 Å². The highest BCUT2D eigenvalue weighted by Gasteiger charge is 2.17. The molecule has 0 saturated carbocycles. The Morgan fingerprint density at radius 2 is 1.81 bits per heavy atom. The van der Waals surface area contributed by atoms with E-state index < -0.39 is 23.1 Å². The zero-order valence-electron chi connectivity index (χ0n) is 13.2. The number of amides is 1. The Kier molecular flexibility index (Phi) is 5.85. The molecule has 134 valence electrons. The number of carbonyl (C=O) groups is 1. The number of halogens is 3. The van der Waals surface area contributed by atoms with Gasteiger partial charge in [0.15, 0.2) is 0 Å². The second-order valence-corrected chi connectivity index (χ2v) is 6.52. The van der Waals surface area contributed by atoms with Gasteiger partial charge in [0, 0.05) is 10.8 Å². The highest BCUT2D eigenvalue weighted by atomic mass is 35.5. The summed E-state index contributed by atoms with van der Waals surface area (Å²) in [6, 6.07) is 10.5. The molecule has 9 heteroatoms. The lowest BCUT2D eigenvalue weighted by atomic mass is 10.2. The minimum absolute atomic E-state index is 0.133. The SMILES string of the molecule is O=C(NCc1nnc(SCc2ccc(Cl)cc2)o1)c1c(F)cccc1F. The molecule has 0 saturated heterocycles. The Hall–Kier alpha value is -2.45. The standard InChI is InChI=1S/C17H12ClF2N3O2S/c18-11-6-4-10(5-7-11)9-26-17-23-22-14(25-17)8-21-16(24)15-12(19)2-1-3-13(15)20/h1-7H,8-9H2,(H,21,24). The van der Waals surface area contributed by atoms with Crippen LogP contribution in [0, 0.1) is 11.6 Å². The summed E-state index contributed by atoms with van der Waals surface area (Å²) in [4.78, 5) is 11.9. The van der Waals surface area contributed by atoms with E-state index in [1.807, 2.05) is 12.1 Å². The molecule has 0 unspecified atom stereocenters. The van der Waals surface area contributed by atoms with Crippen molar-refractivity contribution in [3.63, 3.8) is 0 Å². The summed E-state index contributed by atoms with van der Waals surface area (Å²) < 4.78 is 32.5. The van der Waals surface area contributed by atoms with Gasteiger partial charge < -0.3 is 9.73 Å². The molecule has 3 aromatic rings. The van der Waals surface area contributed by atoms with E-state index in [0.717, 1.165) is 17.7 Å². The Labute approximate surface area is 156 Å². The smallest absolute Gasteiger partial charge is 0.276 e. The van der Waals surface area contributed by atoms with Crippen molar-refractivity contribution < 1.29 is 18.0 Å². The van der Waals surface area contributed by atoms with Crippen LogP contribution in [-0.4, -0.2) is 16.1 Å². The molecule has 0 radical (unpaired) electrons. The monoisotopic (exact) mass is 395 g/mol. The summed E-state index contributed by atoms with van der Waals surface area (Å²) in [5, 5.41) is 11.0. The van der Waals surface area contributed by atoms with Crippen LogP contribution in [0.5, 0.6) is 0 Å². The molecular formula is C17H12ClF2N3O2S. The van der Waals surface area contributed by atoms with Crippen molar-refractivity contribution >= 4 is 29.3 Å². The molecule has 26 heavy (non-hydrogen) atoms. The van der Waals surface area contributed by atoms with Gasteiger partial charge in [-0.05, 0) is 29.8 Å². The van der Waals surface area contributed by atoms with Gasteiger partial charge in [-0.25, -0.2) is 8.78 Å². The largest absolute Gasteiger partial charge is 0.414 e. The number of thioether (sulfide) groups is 1.